The Kier molecular flexibility index (Phi) is 10.0. The van der Waals surface area contributed by atoms with Gasteiger partial charge in [-0.2, -0.15) is 0 Å². The Morgan fingerprint density at radius 2 is 1.75 bits per heavy atom. The normalized spacial score (nSPS) is 25.0. The molecule has 5 N–H and O–H groups in total. The average Bonchev–Trinajstić information content (AvgIpc) is 2.72. The largest absolute Gasteiger partial charge is 1.00 e. The van der Waals surface area contributed by atoms with Gasteiger partial charge in [-0.3, -0.25) is 0 Å². The van der Waals surface area contributed by atoms with Gasteiger partial charge in [-0.1, -0.05) is 29.3 Å². The third-order valence-electron chi connectivity index (χ3n) is 4.73. The van der Waals surface area contributed by atoms with Gasteiger partial charge in [0, 0.05) is 18.1 Å². The standard InChI is InChI=1S/C20H21Cl2NO8.Na/c21-11-2-1-3-12(22)16(11)23-13-5-4-10(6-9(13)7-15(25)26)30-20-19(29)18(28)17(27)14(8-24)31-20;/h1-6,14,17-20,23-24,27-29H,7-8H2,(H,25,26);/q;+1/p-1/t14-,17-,18+,19-,20?;/m1./s1. The summed E-state index contributed by atoms with van der Waals surface area (Å²) in [7, 11) is 0. The quantitative estimate of drug-likeness (QED) is 0.256. The summed E-state index contributed by atoms with van der Waals surface area (Å²) in [6, 6.07) is 9.25. The Morgan fingerprint density at radius 1 is 1.09 bits per heavy atom. The number of aliphatic carboxylic acids is 1. The number of aliphatic hydroxyl groups excluding tert-OH is 4. The van der Waals surface area contributed by atoms with Gasteiger partial charge < -0.3 is 45.1 Å². The van der Waals surface area contributed by atoms with Gasteiger partial charge in [0.05, 0.1) is 22.3 Å². The molecule has 32 heavy (non-hydrogen) atoms. The van der Waals surface area contributed by atoms with Crippen LogP contribution in [0.2, 0.25) is 10.0 Å². The van der Waals surface area contributed by atoms with E-state index in [-0.39, 0.29) is 40.9 Å². The van der Waals surface area contributed by atoms with Gasteiger partial charge in [0.1, 0.15) is 30.2 Å². The minimum Gasteiger partial charge on any atom is -0.550 e. The molecule has 0 bridgehead atoms. The van der Waals surface area contributed by atoms with E-state index in [1.54, 1.807) is 18.2 Å². The molecule has 0 aromatic heterocycles. The number of anilines is 2. The fraction of sp³-hybridized carbons (Fsp3) is 0.350. The molecule has 0 aliphatic carbocycles. The Labute approximate surface area is 215 Å². The van der Waals surface area contributed by atoms with Crippen molar-refractivity contribution in [3.05, 3.63) is 52.0 Å². The molecular weight excluding hydrogens is 476 g/mol. The molecule has 3 rings (SSSR count). The number of benzene rings is 2. The maximum Gasteiger partial charge on any atom is 1.00 e. The molecule has 1 aliphatic heterocycles. The molecule has 1 unspecified atom stereocenters. The first-order chi connectivity index (χ1) is 14.7. The zero-order valence-corrected chi connectivity index (χ0v) is 20.5. The van der Waals surface area contributed by atoms with Crippen molar-refractivity contribution in [2.45, 2.75) is 37.1 Å². The van der Waals surface area contributed by atoms with Crippen molar-refractivity contribution in [1.29, 1.82) is 0 Å². The van der Waals surface area contributed by atoms with Crippen LogP contribution in [0.25, 0.3) is 0 Å². The molecule has 9 nitrogen and oxygen atoms in total. The van der Waals surface area contributed by atoms with Crippen LogP contribution in [0.3, 0.4) is 0 Å². The average molecular weight is 496 g/mol. The number of carboxylic acid groups (broad SMARTS) is 1. The summed E-state index contributed by atoms with van der Waals surface area (Å²) in [5, 5.41) is 54.0. The van der Waals surface area contributed by atoms with Crippen LogP contribution < -0.4 is 44.7 Å². The van der Waals surface area contributed by atoms with Crippen molar-refractivity contribution >= 4 is 40.5 Å². The van der Waals surface area contributed by atoms with Gasteiger partial charge in [-0.25, -0.2) is 0 Å². The SMILES string of the molecule is O=C([O-])Cc1cc(OC2O[C@H](CO)[C@@H](O)[C@H](O)[C@H]2O)ccc1Nc1c(Cl)cccc1Cl.[Na+]. The summed E-state index contributed by atoms with van der Waals surface area (Å²) in [5.41, 5.74) is 1.02. The maximum absolute atomic E-state index is 11.2. The molecule has 2 aromatic carbocycles. The van der Waals surface area contributed by atoms with Crippen LogP contribution in [0.15, 0.2) is 36.4 Å². The third-order valence-corrected chi connectivity index (χ3v) is 5.36. The van der Waals surface area contributed by atoms with E-state index in [2.05, 4.69) is 5.32 Å². The van der Waals surface area contributed by atoms with Crippen LogP contribution in [0, 0.1) is 0 Å². The van der Waals surface area contributed by atoms with Crippen LogP contribution >= 0.6 is 23.2 Å². The second kappa shape index (κ2) is 11.8. The van der Waals surface area contributed by atoms with Crippen LogP contribution in [-0.2, 0) is 16.0 Å². The first-order valence-corrected chi connectivity index (χ1v) is 9.97. The summed E-state index contributed by atoms with van der Waals surface area (Å²) < 4.78 is 10.8. The first kappa shape index (κ1) is 27.1. The van der Waals surface area contributed by atoms with Crippen LogP contribution in [0.5, 0.6) is 5.75 Å². The predicted octanol–water partition coefficient (Wildman–Crippen LogP) is -2.79. The number of nitrogens with one attached hydrogen (secondary N) is 1. The Hall–Kier alpha value is -1.11. The number of hydrogen-bond donors (Lipinski definition) is 5. The van der Waals surface area contributed by atoms with E-state index >= 15 is 0 Å². The molecule has 5 atom stereocenters. The van der Waals surface area contributed by atoms with E-state index in [1.165, 1.54) is 18.2 Å². The molecule has 12 heteroatoms. The van der Waals surface area contributed by atoms with Crippen molar-refractivity contribution in [3.63, 3.8) is 0 Å². The van der Waals surface area contributed by atoms with Gasteiger partial charge in [-0.05, 0) is 35.9 Å². The maximum atomic E-state index is 11.2. The molecule has 1 fully saturated rings. The molecule has 2 aromatic rings. The molecular formula is C20H20Cl2NNaO8. The van der Waals surface area contributed by atoms with E-state index < -0.39 is 49.7 Å². The fourth-order valence-electron chi connectivity index (χ4n) is 3.12. The van der Waals surface area contributed by atoms with Crippen LogP contribution in [0.4, 0.5) is 11.4 Å². The van der Waals surface area contributed by atoms with Crippen molar-refractivity contribution in [3.8, 4) is 5.75 Å². The number of aliphatic hydroxyl groups is 4. The topological polar surface area (TPSA) is 152 Å². The van der Waals surface area contributed by atoms with Gasteiger partial charge in [0.15, 0.2) is 0 Å². The number of halogens is 2. The number of carboxylic acids is 1. The number of carbonyl (C=O) groups is 1. The van der Waals surface area contributed by atoms with Crippen molar-refractivity contribution < 1.29 is 69.4 Å². The van der Waals surface area contributed by atoms with E-state index in [9.17, 15) is 30.3 Å². The predicted molar refractivity (Wildman–Crippen MR) is 109 cm³/mol. The van der Waals surface area contributed by atoms with Gasteiger partial charge in [0.25, 0.3) is 0 Å². The van der Waals surface area contributed by atoms with Crippen LogP contribution in [-0.4, -0.2) is 63.7 Å². The second-order valence-corrected chi connectivity index (χ2v) is 7.72. The van der Waals surface area contributed by atoms with Crippen LogP contribution in [0.1, 0.15) is 5.56 Å². The van der Waals surface area contributed by atoms with E-state index in [0.717, 1.165) is 0 Å². The first-order valence-electron chi connectivity index (χ1n) is 9.22. The Bertz CT molecular complexity index is 928. The fourth-order valence-corrected chi connectivity index (χ4v) is 3.61. The number of carbonyl (C=O) groups excluding carboxylic acids is 1. The molecule has 1 aliphatic rings. The van der Waals surface area contributed by atoms with Gasteiger partial charge in [0.2, 0.25) is 6.29 Å². The molecule has 168 valence electrons. The summed E-state index contributed by atoms with van der Waals surface area (Å²) in [5.74, 6) is -1.24. The number of hydrogen-bond acceptors (Lipinski definition) is 9. The number of para-hydroxylation sites is 1. The zero-order valence-electron chi connectivity index (χ0n) is 16.9. The van der Waals surface area contributed by atoms with Crippen molar-refractivity contribution in [2.24, 2.45) is 0 Å². The summed E-state index contributed by atoms with van der Waals surface area (Å²) >= 11 is 12.3. The Morgan fingerprint density at radius 3 is 2.34 bits per heavy atom. The zero-order chi connectivity index (χ0) is 22.7. The number of rotatable bonds is 7. The minimum absolute atomic E-state index is 0. The molecule has 0 amide bonds. The minimum atomic E-state index is -1.61. The van der Waals surface area contributed by atoms with Gasteiger partial charge >= 0.3 is 29.6 Å². The Balaban J connectivity index is 0.00000363. The van der Waals surface area contributed by atoms with Gasteiger partial charge in [-0.15, -0.1) is 0 Å². The van der Waals surface area contributed by atoms with E-state index in [0.29, 0.717) is 21.4 Å². The monoisotopic (exact) mass is 495 g/mol. The summed E-state index contributed by atoms with van der Waals surface area (Å²) in [6.45, 7) is -0.609. The van der Waals surface area contributed by atoms with E-state index in [1.807, 2.05) is 0 Å². The molecule has 1 heterocycles. The van der Waals surface area contributed by atoms with Crippen molar-refractivity contribution in [2.75, 3.05) is 11.9 Å². The molecule has 0 saturated carbocycles. The molecule has 0 radical (unpaired) electrons. The third kappa shape index (κ3) is 6.27. The second-order valence-electron chi connectivity index (χ2n) is 6.90. The smallest absolute Gasteiger partial charge is 0.550 e. The number of ether oxygens (including phenoxy) is 2. The van der Waals surface area contributed by atoms with Crippen molar-refractivity contribution in [1.82, 2.24) is 0 Å². The van der Waals surface area contributed by atoms with E-state index in [4.69, 9.17) is 32.7 Å². The summed E-state index contributed by atoms with van der Waals surface area (Å²) in [4.78, 5) is 11.2. The molecule has 1 saturated heterocycles. The molecule has 0 spiro atoms. The summed E-state index contributed by atoms with van der Waals surface area (Å²) in [6.07, 6.45) is -7.78.